The number of nitrogens with zero attached hydrogens (tertiary/aromatic N) is 1. The van der Waals surface area contributed by atoms with Gasteiger partial charge in [0.05, 0.1) is 24.3 Å². The van der Waals surface area contributed by atoms with E-state index >= 15 is 0 Å². The first kappa shape index (κ1) is 23.5. The zero-order chi connectivity index (χ0) is 22.9. The van der Waals surface area contributed by atoms with E-state index in [1.54, 1.807) is 0 Å². The topological polar surface area (TPSA) is 80.3 Å². The van der Waals surface area contributed by atoms with Gasteiger partial charge in [-0.3, -0.25) is 9.59 Å². The molecule has 0 saturated carbocycles. The number of hydrogen-bond donors (Lipinski definition) is 2. The Labute approximate surface area is 193 Å². The molecule has 2 N–H and O–H groups in total. The van der Waals surface area contributed by atoms with Gasteiger partial charge in [0.2, 0.25) is 11.8 Å². The first-order chi connectivity index (χ1) is 15.5. The van der Waals surface area contributed by atoms with Gasteiger partial charge >= 0.3 is 0 Å². The third-order valence-electron chi connectivity index (χ3n) is 5.05. The summed E-state index contributed by atoms with van der Waals surface area (Å²) in [5.74, 6) is 0.649. The molecule has 1 atom stereocenters. The van der Waals surface area contributed by atoms with Crippen molar-refractivity contribution in [2.45, 2.75) is 40.2 Å². The molecule has 0 spiro atoms. The van der Waals surface area contributed by atoms with Crippen LogP contribution in [0.4, 0.5) is 5.69 Å². The molecule has 32 heavy (non-hydrogen) atoms. The van der Waals surface area contributed by atoms with Crippen LogP contribution >= 0.6 is 11.3 Å². The first-order valence-electron chi connectivity index (χ1n) is 10.8. The Morgan fingerprint density at radius 2 is 1.94 bits per heavy atom. The Morgan fingerprint density at radius 3 is 2.72 bits per heavy atom. The van der Waals surface area contributed by atoms with Gasteiger partial charge in [0.15, 0.2) is 0 Å². The van der Waals surface area contributed by atoms with E-state index in [1.807, 2.05) is 74.7 Å². The van der Waals surface area contributed by atoms with Crippen LogP contribution in [0.2, 0.25) is 0 Å². The molecule has 3 aromatic rings. The fourth-order valence-electron chi connectivity index (χ4n) is 3.07. The van der Waals surface area contributed by atoms with Gasteiger partial charge in [0, 0.05) is 23.5 Å². The van der Waals surface area contributed by atoms with Gasteiger partial charge in [-0.05, 0) is 43.2 Å². The standard InChI is InChI=1S/C25H29N3O3S/c1-4-17(3)24(30)27-19-10-8-9-18(13-19)15-26-23(29)14-20-16-32-25(28-20)21-11-6-7-12-22(21)31-5-2/h6-13,16-17H,4-5,14-15H2,1-3H3,(H,26,29)(H,27,30). The minimum Gasteiger partial charge on any atom is -0.493 e. The van der Waals surface area contributed by atoms with Crippen LogP contribution in [0.5, 0.6) is 5.75 Å². The third-order valence-corrected chi connectivity index (χ3v) is 5.98. The van der Waals surface area contributed by atoms with Crippen LogP contribution in [-0.2, 0) is 22.6 Å². The summed E-state index contributed by atoms with van der Waals surface area (Å²) in [6, 6.07) is 15.3. The lowest BCUT2D eigenvalue weighted by Crippen LogP contribution is -2.25. The van der Waals surface area contributed by atoms with E-state index in [-0.39, 0.29) is 24.2 Å². The van der Waals surface area contributed by atoms with E-state index in [2.05, 4.69) is 15.6 Å². The first-order valence-corrected chi connectivity index (χ1v) is 11.7. The number of thiazole rings is 1. The highest BCUT2D eigenvalue weighted by Crippen LogP contribution is 2.32. The number of amides is 2. The van der Waals surface area contributed by atoms with Gasteiger partial charge in [-0.1, -0.05) is 38.1 Å². The molecule has 0 aliphatic rings. The van der Waals surface area contributed by atoms with Crippen molar-refractivity contribution in [1.29, 1.82) is 0 Å². The molecule has 1 aromatic heterocycles. The number of carbonyl (C=O) groups excluding carboxylic acids is 2. The summed E-state index contributed by atoms with van der Waals surface area (Å²) in [7, 11) is 0. The number of para-hydroxylation sites is 1. The molecule has 2 aromatic carbocycles. The highest BCUT2D eigenvalue weighted by atomic mass is 32.1. The minimum absolute atomic E-state index is 0.000989. The van der Waals surface area contributed by atoms with Gasteiger partial charge in [-0.25, -0.2) is 4.98 Å². The number of hydrogen-bond acceptors (Lipinski definition) is 5. The molecule has 0 radical (unpaired) electrons. The SMILES string of the molecule is CCOc1ccccc1-c1nc(CC(=O)NCc2cccc(NC(=O)C(C)CC)c2)cs1. The smallest absolute Gasteiger partial charge is 0.227 e. The second kappa shape index (κ2) is 11.4. The Bertz CT molecular complexity index is 1060. The largest absolute Gasteiger partial charge is 0.493 e. The van der Waals surface area contributed by atoms with Crippen molar-refractivity contribution in [3.63, 3.8) is 0 Å². The number of aromatic nitrogens is 1. The van der Waals surface area contributed by atoms with E-state index in [4.69, 9.17) is 4.74 Å². The quantitative estimate of drug-likeness (QED) is 0.452. The molecule has 0 aliphatic heterocycles. The molecule has 0 fully saturated rings. The molecule has 0 bridgehead atoms. The molecule has 3 rings (SSSR count). The van der Waals surface area contributed by atoms with Gasteiger partial charge in [0.25, 0.3) is 0 Å². The summed E-state index contributed by atoms with van der Waals surface area (Å²) in [6.07, 6.45) is 0.995. The van der Waals surface area contributed by atoms with Crippen LogP contribution < -0.4 is 15.4 Å². The molecule has 1 heterocycles. The molecule has 1 unspecified atom stereocenters. The number of ether oxygens (including phenoxy) is 1. The van der Waals surface area contributed by atoms with Crippen molar-refractivity contribution in [2.24, 2.45) is 5.92 Å². The third kappa shape index (κ3) is 6.40. The van der Waals surface area contributed by atoms with Crippen LogP contribution in [0.15, 0.2) is 53.9 Å². The van der Waals surface area contributed by atoms with Crippen LogP contribution in [0.3, 0.4) is 0 Å². The molecule has 2 amide bonds. The zero-order valence-electron chi connectivity index (χ0n) is 18.7. The minimum atomic E-state index is -0.103. The summed E-state index contributed by atoms with van der Waals surface area (Å²) < 4.78 is 5.68. The Kier molecular flexibility index (Phi) is 8.39. The normalized spacial score (nSPS) is 11.6. The number of carbonyl (C=O) groups is 2. The van der Waals surface area contributed by atoms with Gasteiger partial charge < -0.3 is 15.4 Å². The Balaban J connectivity index is 1.56. The fraction of sp³-hybridized carbons (Fsp3) is 0.320. The summed E-state index contributed by atoms with van der Waals surface area (Å²) >= 11 is 1.50. The molecule has 0 aliphatic carbocycles. The lowest BCUT2D eigenvalue weighted by Gasteiger charge is -2.11. The van der Waals surface area contributed by atoms with E-state index in [0.717, 1.165) is 39.7 Å². The van der Waals surface area contributed by atoms with Crippen LogP contribution in [0.25, 0.3) is 10.6 Å². The average molecular weight is 452 g/mol. The lowest BCUT2D eigenvalue weighted by atomic mass is 10.1. The molecule has 0 saturated heterocycles. The molecule has 6 nitrogen and oxygen atoms in total. The van der Waals surface area contributed by atoms with Crippen molar-refractivity contribution >= 4 is 28.8 Å². The predicted octanol–water partition coefficient (Wildman–Crippen LogP) is 5.05. The number of rotatable bonds is 10. The Hall–Kier alpha value is -3.19. The molecule has 168 valence electrons. The second-order valence-electron chi connectivity index (χ2n) is 7.53. The van der Waals surface area contributed by atoms with Crippen molar-refractivity contribution in [3.8, 4) is 16.3 Å². The maximum atomic E-state index is 12.5. The highest BCUT2D eigenvalue weighted by molar-refractivity contribution is 7.13. The molecular weight excluding hydrogens is 422 g/mol. The van der Waals surface area contributed by atoms with Crippen LogP contribution in [0.1, 0.15) is 38.4 Å². The maximum Gasteiger partial charge on any atom is 0.227 e. The van der Waals surface area contributed by atoms with Crippen molar-refractivity contribution in [3.05, 3.63) is 65.2 Å². The van der Waals surface area contributed by atoms with Crippen molar-refractivity contribution in [1.82, 2.24) is 10.3 Å². The second-order valence-corrected chi connectivity index (χ2v) is 8.38. The van der Waals surface area contributed by atoms with E-state index in [0.29, 0.717) is 13.2 Å². The van der Waals surface area contributed by atoms with Crippen LogP contribution in [0, 0.1) is 5.92 Å². The lowest BCUT2D eigenvalue weighted by molar-refractivity contribution is -0.121. The average Bonchev–Trinajstić information content (AvgIpc) is 3.26. The maximum absolute atomic E-state index is 12.5. The highest BCUT2D eigenvalue weighted by Gasteiger charge is 2.13. The van der Waals surface area contributed by atoms with E-state index < -0.39 is 0 Å². The zero-order valence-corrected chi connectivity index (χ0v) is 19.5. The van der Waals surface area contributed by atoms with Crippen molar-refractivity contribution in [2.75, 3.05) is 11.9 Å². The van der Waals surface area contributed by atoms with Crippen LogP contribution in [-0.4, -0.2) is 23.4 Å². The van der Waals surface area contributed by atoms with Crippen molar-refractivity contribution < 1.29 is 14.3 Å². The fourth-order valence-corrected chi connectivity index (χ4v) is 3.92. The van der Waals surface area contributed by atoms with E-state index in [1.165, 1.54) is 11.3 Å². The number of nitrogens with one attached hydrogen (secondary N) is 2. The number of benzene rings is 2. The monoisotopic (exact) mass is 451 g/mol. The summed E-state index contributed by atoms with van der Waals surface area (Å²) in [5, 5.41) is 8.59. The summed E-state index contributed by atoms with van der Waals surface area (Å²) in [4.78, 5) is 29.2. The summed E-state index contributed by atoms with van der Waals surface area (Å²) in [5.41, 5.74) is 3.31. The Morgan fingerprint density at radius 1 is 1.12 bits per heavy atom. The van der Waals surface area contributed by atoms with E-state index in [9.17, 15) is 9.59 Å². The van der Waals surface area contributed by atoms with Gasteiger partial charge in [-0.2, -0.15) is 0 Å². The molecular formula is C25H29N3O3S. The van der Waals surface area contributed by atoms with Gasteiger partial charge in [0.1, 0.15) is 10.8 Å². The predicted molar refractivity (Wildman–Crippen MR) is 129 cm³/mol. The molecule has 7 heteroatoms. The van der Waals surface area contributed by atoms with Gasteiger partial charge in [-0.15, -0.1) is 11.3 Å². The summed E-state index contributed by atoms with van der Waals surface area (Å²) in [6.45, 7) is 6.80. The number of anilines is 1.